The number of carboxylic acids is 1. The molecule has 1 N–H and O–H groups in total. The number of likely N-dealkylation sites (tertiary alicyclic amines) is 1. The molecule has 3 rings (SSSR count). The Hall–Kier alpha value is -1.75. The molecule has 1 fully saturated rings. The molecule has 5 nitrogen and oxygen atoms in total. The number of ether oxygens (including phenoxy) is 2. The molecule has 1 saturated heterocycles. The van der Waals surface area contributed by atoms with Crippen LogP contribution in [-0.2, 0) is 11.2 Å². The summed E-state index contributed by atoms with van der Waals surface area (Å²) in [6.45, 7) is 3.64. The van der Waals surface area contributed by atoms with Crippen molar-refractivity contribution in [2.24, 2.45) is 0 Å². The van der Waals surface area contributed by atoms with Crippen LogP contribution in [0.25, 0.3) is 0 Å². The van der Waals surface area contributed by atoms with Crippen molar-refractivity contribution in [3.05, 3.63) is 23.3 Å². The van der Waals surface area contributed by atoms with E-state index in [1.807, 2.05) is 24.0 Å². The van der Waals surface area contributed by atoms with Gasteiger partial charge in [0, 0.05) is 17.5 Å². The highest BCUT2D eigenvalue weighted by Gasteiger charge is 2.33. The number of benzene rings is 1. The van der Waals surface area contributed by atoms with Gasteiger partial charge in [0.1, 0.15) is 23.6 Å². The van der Waals surface area contributed by atoms with Gasteiger partial charge in [0.15, 0.2) is 0 Å². The van der Waals surface area contributed by atoms with Crippen molar-refractivity contribution >= 4 is 5.97 Å². The minimum atomic E-state index is -0.832. The average Bonchev–Trinajstić information content (AvgIpc) is 3.06. The molecule has 0 saturated carbocycles. The van der Waals surface area contributed by atoms with E-state index in [9.17, 15) is 9.90 Å². The Kier molecular flexibility index (Phi) is 3.76. The average molecular weight is 291 g/mol. The summed E-state index contributed by atoms with van der Waals surface area (Å²) in [4.78, 5) is 13.8. The lowest BCUT2D eigenvalue weighted by Gasteiger charge is -2.25. The first-order chi connectivity index (χ1) is 10.1. The lowest BCUT2D eigenvalue weighted by atomic mass is 10.00. The Balaban J connectivity index is 2.02. The van der Waals surface area contributed by atoms with Gasteiger partial charge in [-0.1, -0.05) is 0 Å². The standard InChI is InChI=1S/C16H21NO4/c1-10-7-11-8-14(20-2)12(9-13(11)21-10)15(16(18)19)17-5-3-4-6-17/h8-10,15H,3-7H2,1-2H3,(H,18,19). The highest BCUT2D eigenvalue weighted by molar-refractivity contribution is 5.77. The van der Waals surface area contributed by atoms with Crippen LogP contribution < -0.4 is 9.47 Å². The van der Waals surface area contributed by atoms with E-state index < -0.39 is 12.0 Å². The van der Waals surface area contributed by atoms with Crippen LogP contribution in [0.2, 0.25) is 0 Å². The van der Waals surface area contributed by atoms with Gasteiger partial charge >= 0.3 is 5.97 Å². The summed E-state index contributed by atoms with van der Waals surface area (Å²) in [7, 11) is 1.59. The maximum absolute atomic E-state index is 11.8. The summed E-state index contributed by atoms with van der Waals surface area (Å²) in [5, 5.41) is 9.67. The number of nitrogens with zero attached hydrogens (tertiary/aromatic N) is 1. The summed E-state index contributed by atoms with van der Waals surface area (Å²) in [6.07, 6.45) is 3.07. The van der Waals surface area contributed by atoms with E-state index in [0.717, 1.165) is 43.7 Å². The highest BCUT2D eigenvalue weighted by atomic mass is 16.5. The first kappa shape index (κ1) is 14.2. The van der Waals surface area contributed by atoms with Crippen LogP contribution in [0.15, 0.2) is 12.1 Å². The van der Waals surface area contributed by atoms with E-state index in [1.165, 1.54) is 0 Å². The molecule has 2 heterocycles. The van der Waals surface area contributed by atoms with E-state index in [0.29, 0.717) is 11.3 Å². The molecular formula is C16H21NO4. The van der Waals surface area contributed by atoms with Crippen molar-refractivity contribution in [1.29, 1.82) is 0 Å². The van der Waals surface area contributed by atoms with Gasteiger partial charge in [-0.2, -0.15) is 0 Å². The van der Waals surface area contributed by atoms with Gasteiger partial charge in [-0.25, -0.2) is 0 Å². The van der Waals surface area contributed by atoms with Gasteiger partial charge in [-0.05, 0) is 45.0 Å². The molecular weight excluding hydrogens is 270 g/mol. The summed E-state index contributed by atoms with van der Waals surface area (Å²) < 4.78 is 11.2. The molecule has 2 aliphatic heterocycles. The quantitative estimate of drug-likeness (QED) is 0.922. The molecule has 0 radical (unpaired) electrons. The monoisotopic (exact) mass is 291 g/mol. The van der Waals surface area contributed by atoms with Crippen LogP contribution in [0.5, 0.6) is 11.5 Å². The van der Waals surface area contributed by atoms with Crippen LogP contribution >= 0.6 is 0 Å². The molecule has 0 amide bonds. The number of carbonyl (C=O) groups is 1. The number of methoxy groups -OCH3 is 1. The molecule has 2 unspecified atom stereocenters. The number of aliphatic carboxylic acids is 1. The van der Waals surface area contributed by atoms with Crippen molar-refractivity contribution in [1.82, 2.24) is 4.90 Å². The topological polar surface area (TPSA) is 59.0 Å². The van der Waals surface area contributed by atoms with Crippen LogP contribution in [-0.4, -0.2) is 42.3 Å². The Bertz CT molecular complexity index is 551. The van der Waals surface area contributed by atoms with Gasteiger partial charge < -0.3 is 14.6 Å². The van der Waals surface area contributed by atoms with Gasteiger partial charge in [-0.3, -0.25) is 9.69 Å². The largest absolute Gasteiger partial charge is 0.496 e. The third-order valence-electron chi connectivity index (χ3n) is 4.28. The second kappa shape index (κ2) is 5.56. The molecule has 1 aromatic carbocycles. The minimum Gasteiger partial charge on any atom is -0.496 e. The number of rotatable bonds is 4. The number of carboxylic acid groups (broad SMARTS) is 1. The van der Waals surface area contributed by atoms with E-state index in [1.54, 1.807) is 7.11 Å². The van der Waals surface area contributed by atoms with E-state index in [4.69, 9.17) is 9.47 Å². The summed E-state index contributed by atoms with van der Waals surface area (Å²) in [6, 6.07) is 3.13. The van der Waals surface area contributed by atoms with Crippen molar-refractivity contribution in [2.75, 3.05) is 20.2 Å². The Labute approximate surface area is 124 Å². The molecule has 0 aliphatic carbocycles. The zero-order chi connectivity index (χ0) is 15.0. The summed E-state index contributed by atoms with van der Waals surface area (Å²) >= 11 is 0. The number of fused-ring (bicyclic) bond motifs is 1. The fourth-order valence-corrected chi connectivity index (χ4v) is 3.33. The lowest BCUT2D eigenvalue weighted by Crippen LogP contribution is -2.32. The fraction of sp³-hybridized carbons (Fsp3) is 0.562. The van der Waals surface area contributed by atoms with E-state index in [-0.39, 0.29) is 6.10 Å². The van der Waals surface area contributed by atoms with Crippen LogP contribution in [0.4, 0.5) is 0 Å². The second-order valence-corrected chi connectivity index (χ2v) is 5.82. The number of hydrogen-bond donors (Lipinski definition) is 1. The highest BCUT2D eigenvalue weighted by Crippen LogP contribution is 2.40. The van der Waals surface area contributed by atoms with Gasteiger partial charge in [-0.15, -0.1) is 0 Å². The van der Waals surface area contributed by atoms with E-state index >= 15 is 0 Å². The van der Waals surface area contributed by atoms with Gasteiger partial charge in [0.05, 0.1) is 7.11 Å². The molecule has 1 aromatic rings. The molecule has 0 spiro atoms. The van der Waals surface area contributed by atoms with Crippen molar-refractivity contribution in [3.8, 4) is 11.5 Å². The number of hydrogen-bond acceptors (Lipinski definition) is 4. The fourth-order valence-electron chi connectivity index (χ4n) is 3.33. The SMILES string of the molecule is COc1cc2c(cc1C(C(=O)O)N1CCCC1)OC(C)C2. The predicted octanol–water partition coefficient (Wildman–Crippen LogP) is 2.24. The maximum Gasteiger partial charge on any atom is 0.325 e. The zero-order valence-electron chi connectivity index (χ0n) is 12.5. The second-order valence-electron chi connectivity index (χ2n) is 5.82. The first-order valence-corrected chi connectivity index (χ1v) is 7.44. The van der Waals surface area contributed by atoms with Crippen molar-refractivity contribution in [2.45, 2.75) is 38.3 Å². The van der Waals surface area contributed by atoms with Gasteiger partial charge in [0.25, 0.3) is 0 Å². The molecule has 21 heavy (non-hydrogen) atoms. The predicted molar refractivity (Wildman–Crippen MR) is 78.0 cm³/mol. The third-order valence-corrected chi connectivity index (χ3v) is 4.28. The third kappa shape index (κ3) is 2.58. The smallest absolute Gasteiger partial charge is 0.325 e. The Morgan fingerprint density at radius 2 is 2.14 bits per heavy atom. The maximum atomic E-state index is 11.8. The first-order valence-electron chi connectivity index (χ1n) is 7.44. The summed E-state index contributed by atoms with van der Waals surface area (Å²) in [5.41, 5.74) is 1.79. The molecule has 0 aromatic heterocycles. The molecule has 5 heteroatoms. The van der Waals surface area contributed by atoms with Crippen LogP contribution in [0, 0.1) is 0 Å². The zero-order valence-corrected chi connectivity index (χ0v) is 12.5. The van der Waals surface area contributed by atoms with E-state index in [2.05, 4.69) is 0 Å². The molecule has 114 valence electrons. The Morgan fingerprint density at radius 1 is 1.43 bits per heavy atom. The molecule has 0 bridgehead atoms. The minimum absolute atomic E-state index is 0.134. The van der Waals surface area contributed by atoms with Crippen LogP contribution in [0.3, 0.4) is 0 Å². The van der Waals surface area contributed by atoms with Crippen molar-refractivity contribution < 1.29 is 19.4 Å². The van der Waals surface area contributed by atoms with Gasteiger partial charge in [0.2, 0.25) is 0 Å². The lowest BCUT2D eigenvalue weighted by molar-refractivity contribution is -0.143. The normalized spacial score (nSPS) is 22.7. The van der Waals surface area contributed by atoms with Crippen molar-refractivity contribution in [3.63, 3.8) is 0 Å². The molecule has 2 aliphatic rings. The Morgan fingerprint density at radius 3 is 2.76 bits per heavy atom. The van der Waals surface area contributed by atoms with Crippen LogP contribution in [0.1, 0.15) is 36.9 Å². The molecule has 2 atom stereocenters. The summed E-state index contributed by atoms with van der Waals surface area (Å²) in [5.74, 6) is 0.607.